The summed E-state index contributed by atoms with van der Waals surface area (Å²) in [6.45, 7) is 7.21. The predicted octanol–water partition coefficient (Wildman–Crippen LogP) is 1.50. The lowest BCUT2D eigenvalue weighted by Gasteiger charge is -2.39. The van der Waals surface area contributed by atoms with Gasteiger partial charge in [0.15, 0.2) is 0 Å². The zero-order valence-electron chi connectivity index (χ0n) is 12.1. The van der Waals surface area contributed by atoms with Crippen LogP contribution in [0.25, 0.3) is 0 Å². The summed E-state index contributed by atoms with van der Waals surface area (Å²) in [4.78, 5) is 39.0. The van der Waals surface area contributed by atoms with Crippen molar-refractivity contribution in [3.8, 4) is 0 Å². The Kier molecular flexibility index (Phi) is 3.69. The monoisotopic (exact) mass is 294 g/mol. The van der Waals surface area contributed by atoms with Crippen molar-refractivity contribution >= 4 is 29.1 Å². The van der Waals surface area contributed by atoms with Gasteiger partial charge in [0.2, 0.25) is 5.91 Å². The van der Waals surface area contributed by atoms with Crippen molar-refractivity contribution in [3.63, 3.8) is 0 Å². The summed E-state index contributed by atoms with van der Waals surface area (Å²) in [6.07, 6.45) is 0.860. The summed E-state index contributed by atoms with van der Waals surface area (Å²) >= 11 is 1.41. The summed E-state index contributed by atoms with van der Waals surface area (Å²) in [5, 5.41) is 2.27. The van der Waals surface area contributed by atoms with Crippen LogP contribution in [0.4, 0.5) is 0 Å². The molecule has 1 aliphatic rings. The van der Waals surface area contributed by atoms with Crippen molar-refractivity contribution in [1.82, 2.24) is 10.2 Å². The molecule has 1 aliphatic heterocycles. The van der Waals surface area contributed by atoms with Gasteiger partial charge >= 0.3 is 0 Å². The number of rotatable bonds is 2. The molecule has 0 unspecified atom stereocenters. The van der Waals surface area contributed by atoms with Gasteiger partial charge in [-0.15, -0.1) is 11.3 Å². The van der Waals surface area contributed by atoms with E-state index < -0.39 is 17.4 Å². The van der Waals surface area contributed by atoms with Crippen LogP contribution in [0.5, 0.6) is 0 Å². The van der Waals surface area contributed by atoms with E-state index in [4.69, 9.17) is 0 Å². The number of amides is 3. The number of carbonyl (C=O) groups excluding carboxylic acids is 3. The quantitative estimate of drug-likeness (QED) is 0.841. The SMILES string of the molecule is CCc1cc(C(=O)N2CC(=O)NC(=O)C2(C)C)sc1C. The number of imide groups is 1. The second kappa shape index (κ2) is 5.01. The molecule has 20 heavy (non-hydrogen) atoms. The second-order valence-electron chi connectivity index (χ2n) is 5.37. The lowest BCUT2D eigenvalue weighted by atomic mass is 9.98. The van der Waals surface area contributed by atoms with Crippen LogP contribution in [-0.4, -0.2) is 34.7 Å². The van der Waals surface area contributed by atoms with E-state index in [1.54, 1.807) is 13.8 Å². The second-order valence-corrected chi connectivity index (χ2v) is 6.63. The van der Waals surface area contributed by atoms with Crippen LogP contribution in [0.3, 0.4) is 0 Å². The Hall–Kier alpha value is -1.69. The highest BCUT2D eigenvalue weighted by molar-refractivity contribution is 7.14. The minimum atomic E-state index is -1.02. The normalized spacial score (nSPS) is 18.1. The molecule has 108 valence electrons. The molecule has 6 heteroatoms. The van der Waals surface area contributed by atoms with E-state index in [1.807, 2.05) is 19.9 Å². The molecule has 1 fully saturated rings. The van der Waals surface area contributed by atoms with E-state index in [0.29, 0.717) is 4.88 Å². The van der Waals surface area contributed by atoms with Gasteiger partial charge in [-0.2, -0.15) is 0 Å². The first kappa shape index (κ1) is 14.7. The molecular formula is C14H18N2O3S. The fraction of sp³-hybridized carbons (Fsp3) is 0.500. The fourth-order valence-corrected chi connectivity index (χ4v) is 3.28. The van der Waals surface area contributed by atoms with Crippen molar-refractivity contribution in [1.29, 1.82) is 0 Å². The molecule has 1 saturated heterocycles. The van der Waals surface area contributed by atoms with E-state index >= 15 is 0 Å². The Morgan fingerprint density at radius 2 is 2.10 bits per heavy atom. The van der Waals surface area contributed by atoms with E-state index in [-0.39, 0.29) is 12.5 Å². The third-order valence-corrected chi connectivity index (χ3v) is 4.72. The molecule has 1 aromatic heterocycles. The molecule has 2 heterocycles. The van der Waals surface area contributed by atoms with Crippen LogP contribution in [-0.2, 0) is 16.0 Å². The number of nitrogens with one attached hydrogen (secondary N) is 1. The van der Waals surface area contributed by atoms with Crippen molar-refractivity contribution < 1.29 is 14.4 Å². The molecule has 0 saturated carbocycles. The maximum Gasteiger partial charge on any atom is 0.265 e. The first-order chi connectivity index (χ1) is 9.27. The number of nitrogens with zero attached hydrogens (tertiary/aromatic N) is 1. The average Bonchev–Trinajstić information content (AvgIpc) is 2.74. The van der Waals surface area contributed by atoms with Gasteiger partial charge in [0.25, 0.3) is 11.8 Å². The zero-order chi connectivity index (χ0) is 15.1. The van der Waals surface area contributed by atoms with Gasteiger partial charge in [0.1, 0.15) is 12.1 Å². The summed E-state index contributed by atoms with van der Waals surface area (Å²) in [5.74, 6) is -1.14. The molecule has 0 aromatic carbocycles. The summed E-state index contributed by atoms with van der Waals surface area (Å²) < 4.78 is 0. The lowest BCUT2D eigenvalue weighted by Crippen LogP contribution is -2.65. The topological polar surface area (TPSA) is 66.5 Å². The van der Waals surface area contributed by atoms with E-state index in [0.717, 1.165) is 16.9 Å². The number of aryl methyl sites for hydroxylation is 2. The van der Waals surface area contributed by atoms with Gasteiger partial charge in [-0.3, -0.25) is 19.7 Å². The van der Waals surface area contributed by atoms with Crippen LogP contribution in [0.1, 0.15) is 40.9 Å². The highest BCUT2D eigenvalue weighted by Gasteiger charge is 2.44. The maximum absolute atomic E-state index is 12.6. The number of hydrogen-bond donors (Lipinski definition) is 1. The minimum absolute atomic E-state index is 0.0873. The van der Waals surface area contributed by atoms with Crippen molar-refractivity contribution in [3.05, 3.63) is 21.4 Å². The average molecular weight is 294 g/mol. The standard InChI is InChI=1S/C14H18N2O3S/c1-5-9-6-10(20-8(9)2)12(18)16-7-11(17)15-13(19)14(16,3)4/h6H,5,7H2,1-4H3,(H,15,17,19). The zero-order valence-corrected chi connectivity index (χ0v) is 12.9. The molecule has 0 atom stereocenters. The van der Waals surface area contributed by atoms with Crippen molar-refractivity contribution in [2.45, 2.75) is 39.7 Å². The molecule has 2 rings (SSSR count). The minimum Gasteiger partial charge on any atom is -0.314 e. The number of hydrogen-bond acceptors (Lipinski definition) is 4. The molecule has 5 nitrogen and oxygen atoms in total. The van der Waals surface area contributed by atoms with Gasteiger partial charge in [0, 0.05) is 4.88 Å². The van der Waals surface area contributed by atoms with Gasteiger partial charge in [-0.1, -0.05) is 6.92 Å². The van der Waals surface area contributed by atoms with Crippen LogP contribution >= 0.6 is 11.3 Å². The Morgan fingerprint density at radius 1 is 1.45 bits per heavy atom. The Labute approximate surface area is 122 Å². The number of piperazine rings is 1. The van der Waals surface area contributed by atoms with Crippen molar-refractivity contribution in [2.75, 3.05) is 6.54 Å². The Bertz CT molecular complexity index is 589. The van der Waals surface area contributed by atoms with Gasteiger partial charge in [-0.25, -0.2) is 0 Å². The van der Waals surface area contributed by atoms with Gasteiger partial charge in [0.05, 0.1) is 4.88 Å². The van der Waals surface area contributed by atoms with Crippen LogP contribution in [0.2, 0.25) is 0 Å². The molecule has 1 aromatic rings. The third-order valence-electron chi connectivity index (χ3n) is 3.64. The van der Waals surface area contributed by atoms with Crippen LogP contribution in [0.15, 0.2) is 6.07 Å². The Balaban J connectivity index is 2.35. The fourth-order valence-electron chi connectivity index (χ4n) is 2.22. The highest BCUT2D eigenvalue weighted by Crippen LogP contribution is 2.27. The summed E-state index contributed by atoms with van der Waals surface area (Å²) in [5.41, 5.74) is 0.110. The first-order valence-corrected chi connectivity index (χ1v) is 7.34. The third kappa shape index (κ3) is 2.35. The Morgan fingerprint density at radius 3 is 2.65 bits per heavy atom. The largest absolute Gasteiger partial charge is 0.314 e. The van der Waals surface area contributed by atoms with E-state index in [2.05, 4.69) is 5.32 Å². The number of thiophene rings is 1. The molecule has 0 radical (unpaired) electrons. The summed E-state index contributed by atoms with van der Waals surface area (Å²) in [7, 11) is 0. The predicted molar refractivity (Wildman–Crippen MR) is 76.7 cm³/mol. The number of carbonyl (C=O) groups is 3. The molecule has 1 N–H and O–H groups in total. The van der Waals surface area contributed by atoms with E-state index in [1.165, 1.54) is 16.2 Å². The molecule has 0 aliphatic carbocycles. The van der Waals surface area contributed by atoms with Crippen LogP contribution in [0, 0.1) is 6.92 Å². The maximum atomic E-state index is 12.6. The molecule has 0 bridgehead atoms. The van der Waals surface area contributed by atoms with Crippen molar-refractivity contribution in [2.24, 2.45) is 0 Å². The lowest BCUT2D eigenvalue weighted by molar-refractivity contribution is -0.143. The molecule has 0 spiro atoms. The molecular weight excluding hydrogens is 276 g/mol. The molecule has 3 amide bonds. The van der Waals surface area contributed by atoms with Crippen LogP contribution < -0.4 is 5.32 Å². The first-order valence-electron chi connectivity index (χ1n) is 6.53. The van der Waals surface area contributed by atoms with E-state index in [9.17, 15) is 14.4 Å². The summed E-state index contributed by atoms with van der Waals surface area (Å²) in [6, 6.07) is 1.86. The highest BCUT2D eigenvalue weighted by atomic mass is 32.1. The van der Waals surface area contributed by atoms with Gasteiger partial charge < -0.3 is 4.90 Å². The smallest absolute Gasteiger partial charge is 0.265 e. The van der Waals surface area contributed by atoms with Gasteiger partial charge in [-0.05, 0) is 38.8 Å².